The molecule has 3 atom stereocenters. The maximum Gasteiger partial charge on any atom is 0.405 e. The molecule has 0 amide bonds. The molecule has 114 valence electrons. The molecule has 3 aliphatic rings. The van der Waals surface area contributed by atoms with Crippen LogP contribution in [0.3, 0.4) is 0 Å². The Bertz CT molecular complexity index is 581. The summed E-state index contributed by atoms with van der Waals surface area (Å²) in [4.78, 5) is 3.68. The van der Waals surface area contributed by atoms with Crippen molar-refractivity contribution < 1.29 is 13.2 Å². The van der Waals surface area contributed by atoms with Gasteiger partial charge in [0.15, 0.2) is 0 Å². The Kier molecular flexibility index (Phi) is 2.52. The van der Waals surface area contributed by atoms with Crippen LogP contribution in [0.25, 0.3) is 0 Å². The van der Waals surface area contributed by atoms with Crippen LogP contribution in [0.2, 0.25) is 0 Å². The summed E-state index contributed by atoms with van der Waals surface area (Å²) in [5.41, 5.74) is 2.10. The van der Waals surface area contributed by atoms with Gasteiger partial charge in [0, 0.05) is 24.7 Å². The first-order chi connectivity index (χ1) is 9.82. The second-order valence-corrected chi connectivity index (χ2v) is 7.00. The Morgan fingerprint density at radius 3 is 2.62 bits per heavy atom. The quantitative estimate of drug-likeness (QED) is 0.724. The summed E-state index contributed by atoms with van der Waals surface area (Å²) in [5, 5.41) is 0. The summed E-state index contributed by atoms with van der Waals surface area (Å²) >= 11 is 0. The van der Waals surface area contributed by atoms with Gasteiger partial charge in [-0.2, -0.15) is 13.2 Å². The number of fused-ring (bicyclic) bond motifs is 2. The number of hydrogen-bond donors (Lipinski definition) is 0. The number of para-hydroxylation sites is 1. The first kappa shape index (κ1) is 13.4. The molecule has 2 unspecified atom stereocenters. The standard InChI is InChI=1S/C16H19F3N2/c1-15(2)10-5-3-4-6-12(10)21-9-13(16(17,18)19)20-8-7-11(15)14(20)21/h3-6,11,13-14H,7-9H2,1-2H3/t11-,13?,14?/m1/s1. The largest absolute Gasteiger partial charge is 0.405 e. The third-order valence-electron chi connectivity index (χ3n) is 5.70. The highest BCUT2D eigenvalue weighted by atomic mass is 19.4. The van der Waals surface area contributed by atoms with Gasteiger partial charge in [-0.05, 0) is 23.5 Å². The first-order valence-electron chi connectivity index (χ1n) is 7.50. The van der Waals surface area contributed by atoms with E-state index in [0.717, 1.165) is 12.1 Å². The Morgan fingerprint density at radius 1 is 1.19 bits per heavy atom. The molecule has 0 saturated carbocycles. The lowest BCUT2D eigenvalue weighted by Gasteiger charge is -2.47. The zero-order valence-corrected chi connectivity index (χ0v) is 12.2. The number of alkyl halides is 3. The molecule has 2 nitrogen and oxygen atoms in total. The van der Waals surface area contributed by atoms with Crippen LogP contribution in [0.15, 0.2) is 24.3 Å². The molecular formula is C16H19F3N2. The molecule has 1 aromatic rings. The van der Waals surface area contributed by atoms with Crippen molar-refractivity contribution in [3.63, 3.8) is 0 Å². The maximum atomic E-state index is 13.4. The van der Waals surface area contributed by atoms with Gasteiger partial charge in [-0.1, -0.05) is 32.0 Å². The van der Waals surface area contributed by atoms with Gasteiger partial charge in [0.1, 0.15) is 6.04 Å². The highest BCUT2D eigenvalue weighted by molar-refractivity contribution is 5.62. The van der Waals surface area contributed by atoms with Crippen LogP contribution in [-0.2, 0) is 5.41 Å². The van der Waals surface area contributed by atoms with E-state index in [0.29, 0.717) is 6.54 Å². The van der Waals surface area contributed by atoms with E-state index >= 15 is 0 Å². The minimum Gasteiger partial charge on any atom is -0.353 e. The highest BCUT2D eigenvalue weighted by Gasteiger charge is 2.61. The van der Waals surface area contributed by atoms with Crippen molar-refractivity contribution in [3.8, 4) is 0 Å². The molecule has 1 aromatic carbocycles. The van der Waals surface area contributed by atoms with Crippen molar-refractivity contribution in [3.05, 3.63) is 29.8 Å². The number of benzene rings is 1. The smallest absolute Gasteiger partial charge is 0.353 e. The predicted octanol–water partition coefficient (Wildman–Crippen LogP) is 3.38. The molecule has 4 rings (SSSR count). The summed E-state index contributed by atoms with van der Waals surface area (Å²) in [6.07, 6.45) is -3.40. The Hall–Kier alpha value is -1.23. The maximum absolute atomic E-state index is 13.4. The lowest BCUT2D eigenvalue weighted by molar-refractivity contribution is -0.173. The fourth-order valence-corrected chi connectivity index (χ4v) is 4.67. The molecule has 5 heteroatoms. The number of nitrogens with zero attached hydrogens (tertiary/aromatic N) is 2. The summed E-state index contributed by atoms with van der Waals surface area (Å²) < 4.78 is 40.1. The fraction of sp³-hybridized carbons (Fsp3) is 0.625. The normalized spacial score (nSPS) is 34.0. The van der Waals surface area contributed by atoms with Crippen LogP contribution in [-0.4, -0.2) is 36.4 Å². The fourth-order valence-electron chi connectivity index (χ4n) is 4.67. The van der Waals surface area contributed by atoms with Gasteiger partial charge in [0.05, 0.1) is 6.17 Å². The van der Waals surface area contributed by atoms with Gasteiger partial charge in [0.25, 0.3) is 0 Å². The summed E-state index contributed by atoms with van der Waals surface area (Å²) in [6.45, 7) is 4.97. The topological polar surface area (TPSA) is 6.48 Å². The number of rotatable bonds is 0. The average Bonchev–Trinajstić information content (AvgIpc) is 2.96. The highest BCUT2D eigenvalue weighted by Crippen LogP contribution is 2.54. The van der Waals surface area contributed by atoms with E-state index in [2.05, 4.69) is 19.9 Å². The lowest BCUT2D eigenvalue weighted by Crippen LogP contribution is -2.50. The second-order valence-electron chi connectivity index (χ2n) is 7.00. The van der Waals surface area contributed by atoms with E-state index in [1.165, 1.54) is 5.56 Å². The Balaban J connectivity index is 1.86. The third-order valence-corrected chi connectivity index (χ3v) is 5.70. The van der Waals surface area contributed by atoms with E-state index in [4.69, 9.17) is 0 Å². The van der Waals surface area contributed by atoms with Crippen molar-refractivity contribution in [1.82, 2.24) is 4.90 Å². The predicted molar refractivity (Wildman–Crippen MR) is 75.3 cm³/mol. The molecular weight excluding hydrogens is 277 g/mol. The van der Waals surface area contributed by atoms with E-state index in [1.54, 1.807) is 4.90 Å². The Labute approximate surface area is 122 Å². The average molecular weight is 296 g/mol. The van der Waals surface area contributed by atoms with Gasteiger partial charge >= 0.3 is 6.18 Å². The van der Waals surface area contributed by atoms with Crippen molar-refractivity contribution in [2.24, 2.45) is 5.92 Å². The molecule has 2 fully saturated rings. The Morgan fingerprint density at radius 2 is 1.90 bits per heavy atom. The van der Waals surface area contributed by atoms with E-state index in [1.807, 2.05) is 23.1 Å². The molecule has 0 radical (unpaired) electrons. The molecule has 0 spiro atoms. The zero-order valence-electron chi connectivity index (χ0n) is 12.2. The van der Waals surface area contributed by atoms with Gasteiger partial charge in [-0.15, -0.1) is 0 Å². The zero-order chi connectivity index (χ0) is 15.0. The van der Waals surface area contributed by atoms with Gasteiger partial charge < -0.3 is 4.90 Å². The van der Waals surface area contributed by atoms with Gasteiger partial charge in [-0.25, -0.2) is 0 Å². The van der Waals surface area contributed by atoms with Crippen molar-refractivity contribution in [2.45, 2.75) is 44.1 Å². The first-order valence-corrected chi connectivity index (χ1v) is 7.50. The minimum absolute atomic E-state index is 0.0672. The molecule has 3 heterocycles. The van der Waals surface area contributed by atoms with Crippen LogP contribution >= 0.6 is 0 Å². The number of halogens is 3. The monoisotopic (exact) mass is 296 g/mol. The lowest BCUT2D eigenvalue weighted by atomic mass is 9.68. The van der Waals surface area contributed by atoms with Crippen LogP contribution in [0.4, 0.5) is 18.9 Å². The van der Waals surface area contributed by atoms with Crippen molar-refractivity contribution >= 4 is 5.69 Å². The van der Waals surface area contributed by atoms with Crippen LogP contribution in [0, 0.1) is 5.92 Å². The van der Waals surface area contributed by atoms with Crippen LogP contribution < -0.4 is 4.90 Å². The molecule has 2 saturated heterocycles. The van der Waals surface area contributed by atoms with Crippen molar-refractivity contribution in [2.75, 3.05) is 18.0 Å². The minimum atomic E-state index is -4.15. The van der Waals surface area contributed by atoms with E-state index < -0.39 is 12.2 Å². The SMILES string of the molecule is CC1(C)c2ccccc2N2CC(C(F)(F)F)N3CC[C@@H]1C23. The molecule has 0 N–H and O–H groups in total. The second kappa shape index (κ2) is 3.94. The van der Waals surface area contributed by atoms with Crippen LogP contribution in [0.1, 0.15) is 25.8 Å². The third kappa shape index (κ3) is 1.64. The molecule has 21 heavy (non-hydrogen) atoms. The molecule has 0 aromatic heterocycles. The number of hydrogen-bond acceptors (Lipinski definition) is 2. The number of anilines is 1. The van der Waals surface area contributed by atoms with Crippen LogP contribution in [0.5, 0.6) is 0 Å². The molecule has 3 aliphatic heterocycles. The molecule has 0 bridgehead atoms. The molecule has 0 aliphatic carbocycles. The summed E-state index contributed by atoms with van der Waals surface area (Å²) in [7, 11) is 0. The van der Waals surface area contributed by atoms with Crippen molar-refractivity contribution in [1.29, 1.82) is 0 Å². The van der Waals surface area contributed by atoms with Gasteiger partial charge in [-0.3, -0.25) is 4.90 Å². The summed E-state index contributed by atoms with van der Waals surface area (Å²) in [6, 6.07) is 6.65. The van der Waals surface area contributed by atoms with E-state index in [9.17, 15) is 13.2 Å². The van der Waals surface area contributed by atoms with Gasteiger partial charge in [0.2, 0.25) is 0 Å². The van der Waals surface area contributed by atoms with E-state index in [-0.39, 0.29) is 24.0 Å². The summed E-state index contributed by atoms with van der Waals surface area (Å²) in [5.74, 6) is 0.264.